The second-order valence-corrected chi connectivity index (χ2v) is 5.99. The lowest BCUT2D eigenvalue weighted by Crippen LogP contribution is -2.44. The third-order valence-corrected chi connectivity index (χ3v) is 4.34. The van der Waals surface area contributed by atoms with Crippen molar-refractivity contribution < 1.29 is 28.2 Å². The fourth-order valence-electron chi connectivity index (χ4n) is 1.29. The molecule has 0 bridgehead atoms. The molecule has 1 unspecified atom stereocenters. The molecule has 17 heavy (non-hydrogen) atoms. The van der Waals surface area contributed by atoms with Gasteiger partial charge in [-0.05, 0) is 0 Å². The van der Waals surface area contributed by atoms with Gasteiger partial charge in [0.05, 0.1) is 0 Å². The topological polar surface area (TPSA) is 109 Å². The van der Waals surface area contributed by atoms with Crippen molar-refractivity contribution in [3.63, 3.8) is 0 Å². The van der Waals surface area contributed by atoms with Crippen molar-refractivity contribution in [3.8, 4) is 0 Å². The van der Waals surface area contributed by atoms with Gasteiger partial charge in [0.15, 0.2) is 0 Å². The Hall–Kier alpha value is -1.05. The van der Waals surface area contributed by atoms with Crippen molar-refractivity contribution >= 4 is 44.1 Å². The fraction of sp³-hybridized carbons (Fsp3) is 0.250. The summed E-state index contributed by atoms with van der Waals surface area (Å²) in [7, 11) is 0.582. The molecule has 1 atom stereocenters. The van der Waals surface area contributed by atoms with Crippen LogP contribution in [0, 0.1) is 0 Å². The van der Waals surface area contributed by atoms with Crippen LogP contribution in [0.4, 0.5) is 0 Å². The number of carboxylic acid groups (broad SMARTS) is 2. The Morgan fingerprint density at radius 2 is 1.88 bits per heavy atom. The van der Waals surface area contributed by atoms with Crippen LogP contribution < -0.4 is 0 Å². The number of rotatable bonds is 3. The average molecular weight is 303 g/mol. The molecule has 2 N–H and O–H groups in total. The minimum Gasteiger partial charge on any atom is -0.480 e. The van der Waals surface area contributed by atoms with Gasteiger partial charge in [-0.2, -0.15) is 0 Å². The Labute approximate surface area is 107 Å². The summed E-state index contributed by atoms with van der Waals surface area (Å²) in [6, 6.07) is 0. The number of carbonyl (C=O) groups is 2. The van der Waals surface area contributed by atoms with E-state index in [0.717, 1.165) is 18.2 Å². The zero-order chi connectivity index (χ0) is 12.6. The number of carboxylic acids is 2. The maximum absolute atomic E-state index is 11.2. The summed E-state index contributed by atoms with van der Waals surface area (Å²) in [5.74, 6) is -3.08. The second-order valence-electron chi connectivity index (χ2n) is 3.17. The lowest BCUT2D eigenvalue weighted by molar-refractivity contribution is -0.138. The third-order valence-electron chi connectivity index (χ3n) is 2.19. The van der Waals surface area contributed by atoms with Crippen molar-refractivity contribution in [2.24, 2.45) is 0 Å². The highest BCUT2D eigenvalue weighted by atomic mass is 35.7. The van der Waals surface area contributed by atoms with Gasteiger partial charge in [-0.3, -0.25) is 4.79 Å². The van der Waals surface area contributed by atoms with Gasteiger partial charge in [-0.1, -0.05) is 18.2 Å². The van der Waals surface area contributed by atoms with Gasteiger partial charge >= 0.3 is 11.9 Å². The van der Waals surface area contributed by atoms with E-state index in [1.54, 1.807) is 0 Å². The minimum absolute atomic E-state index is 0. The molecule has 9 heteroatoms. The van der Waals surface area contributed by atoms with E-state index in [2.05, 4.69) is 0 Å². The number of halogens is 2. The molecule has 0 fully saturated rings. The van der Waals surface area contributed by atoms with Crippen molar-refractivity contribution in [1.29, 1.82) is 0 Å². The van der Waals surface area contributed by atoms with Gasteiger partial charge in [0, 0.05) is 22.7 Å². The highest BCUT2D eigenvalue weighted by Crippen LogP contribution is 2.34. The van der Waals surface area contributed by atoms with Gasteiger partial charge in [-0.25, -0.2) is 13.2 Å². The second kappa shape index (κ2) is 5.07. The number of hydrogen-bond donors (Lipinski definition) is 2. The van der Waals surface area contributed by atoms with Crippen LogP contribution in [0.3, 0.4) is 0 Å². The summed E-state index contributed by atoms with van der Waals surface area (Å²) in [4.78, 5) is 21.6. The zero-order valence-corrected chi connectivity index (χ0v) is 10.5. The molecule has 0 aliphatic heterocycles. The van der Waals surface area contributed by atoms with Crippen molar-refractivity contribution in [3.05, 3.63) is 23.8 Å². The molecule has 1 aliphatic carbocycles. The number of hydrogen-bond acceptors (Lipinski definition) is 4. The van der Waals surface area contributed by atoms with Crippen LogP contribution in [0.1, 0.15) is 6.42 Å². The maximum Gasteiger partial charge on any atom is 0.331 e. The molecule has 0 aromatic heterocycles. The molecule has 1 aliphatic rings. The summed E-state index contributed by atoms with van der Waals surface area (Å²) in [5.41, 5.74) is -0.325. The van der Waals surface area contributed by atoms with E-state index >= 15 is 0 Å². The standard InChI is InChI=1S/C8H7ClO6S.ClH/c9-16(14,15)8(7(12)13)3-1-2-5(4-8)6(10)11;/h1-3H,4H2,(H,10,11)(H,12,13);1H. The van der Waals surface area contributed by atoms with E-state index in [1.807, 2.05) is 0 Å². The molecule has 96 valence electrons. The van der Waals surface area contributed by atoms with Gasteiger partial charge in [0.2, 0.25) is 4.75 Å². The van der Waals surface area contributed by atoms with Crippen LogP contribution in [0.15, 0.2) is 23.8 Å². The molecule has 0 saturated heterocycles. The van der Waals surface area contributed by atoms with Crippen LogP contribution >= 0.6 is 23.1 Å². The minimum atomic E-state index is -4.47. The first-order chi connectivity index (χ1) is 7.21. The number of allylic oxidation sites excluding steroid dienone is 2. The lowest BCUT2D eigenvalue weighted by atomic mass is 9.93. The van der Waals surface area contributed by atoms with Gasteiger partial charge < -0.3 is 10.2 Å². The third kappa shape index (κ3) is 2.80. The first-order valence-electron chi connectivity index (χ1n) is 4.00. The summed E-state index contributed by atoms with van der Waals surface area (Å²) in [6.07, 6.45) is 2.36. The van der Waals surface area contributed by atoms with Gasteiger partial charge in [0.25, 0.3) is 9.05 Å². The summed E-state index contributed by atoms with van der Waals surface area (Å²) >= 11 is 0. The zero-order valence-electron chi connectivity index (χ0n) is 8.16. The highest BCUT2D eigenvalue weighted by molar-refractivity contribution is 8.15. The van der Waals surface area contributed by atoms with Crippen molar-refractivity contribution in [2.75, 3.05) is 0 Å². The van der Waals surface area contributed by atoms with Crippen LogP contribution in [0.2, 0.25) is 0 Å². The van der Waals surface area contributed by atoms with E-state index in [4.69, 9.17) is 20.9 Å². The summed E-state index contributed by atoms with van der Waals surface area (Å²) in [5, 5.41) is 17.6. The summed E-state index contributed by atoms with van der Waals surface area (Å²) < 4.78 is 20.1. The average Bonchev–Trinajstić information content (AvgIpc) is 2.15. The Morgan fingerprint density at radius 1 is 1.35 bits per heavy atom. The van der Waals surface area contributed by atoms with Gasteiger partial charge in [0.1, 0.15) is 0 Å². The van der Waals surface area contributed by atoms with Crippen LogP contribution in [0.25, 0.3) is 0 Å². The molecule has 1 rings (SSSR count). The van der Waals surface area contributed by atoms with E-state index < -0.39 is 32.2 Å². The Kier molecular flexibility index (Phi) is 4.76. The van der Waals surface area contributed by atoms with E-state index in [0.29, 0.717) is 0 Å². The molecule has 6 nitrogen and oxygen atoms in total. The SMILES string of the molecule is Cl.O=C(O)C1=CC=CC(C(=O)O)(S(=O)(=O)Cl)C1. The Balaban J connectivity index is 0.00000256. The van der Waals surface area contributed by atoms with Gasteiger partial charge in [-0.15, -0.1) is 12.4 Å². The summed E-state index contributed by atoms with van der Waals surface area (Å²) in [6.45, 7) is 0. The normalized spacial score (nSPS) is 23.5. The maximum atomic E-state index is 11.2. The molecule has 0 radical (unpaired) electrons. The predicted octanol–water partition coefficient (Wildman–Crippen LogP) is 0.771. The largest absolute Gasteiger partial charge is 0.480 e. The van der Waals surface area contributed by atoms with Crippen LogP contribution in [0.5, 0.6) is 0 Å². The molecular weight excluding hydrogens is 295 g/mol. The van der Waals surface area contributed by atoms with E-state index in [-0.39, 0.29) is 18.0 Å². The van der Waals surface area contributed by atoms with Crippen LogP contribution in [-0.2, 0) is 18.6 Å². The monoisotopic (exact) mass is 302 g/mol. The van der Waals surface area contributed by atoms with Crippen LogP contribution in [-0.4, -0.2) is 35.3 Å². The van der Waals surface area contributed by atoms with E-state index in [1.165, 1.54) is 0 Å². The highest BCUT2D eigenvalue weighted by Gasteiger charge is 2.50. The Bertz CT molecular complexity index is 506. The molecule has 0 aromatic carbocycles. The molecule has 0 amide bonds. The molecule has 0 spiro atoms. The molecule has 0 aromatic rings. The van der Waals surface area contributed by atoms with E-state index in [9.17, 15) is 18.0 Å². The smallest absolute Gasteiger partial charge is 0.331 e. The first kappa shape index (κ1) is 16.0. The molecule has 0 heterocycles. The Morgan fingerprint density at radius 3 is 2.24 bits per heavy atom. The molecule has 0 saturated carbocycles. The number of aliphatic carboxylic acids is 2. The van der Waals surface area contributed by atoms with Crippen molar-refractivity contribution in [2.45, 2.75) is 11.2 Å². The first-order valence-corrected chi connectivity index (χ1v) is 6.31. The molecular formula is C8H8Cl2O6S. The fourth-order valence-corrected chi connectivity index (χ4v) is 2.58. The van der Waals surface area contributed by atoms with Crippen molar-refractivity contribution in [1.82, 2.24) is 0 Å². The lowest BCUT2D eigenvalue weighted by Gasteiger charge is -2.24. The quantitative estimate of drug-likeness (QED) is 0.745. The predicted molar refractivity (Wildman–Crippen MR) is 61.9 cm³/mol.